The van der Waals surface area contributed by atoms with Crippen molar-refractivity contribution in [1.29, 1.82) is 0 Å². The number of carbonyl (C=O) groups is 1. The number of ether oxygens (including phenoxy) is 1. The van der Waals surface area contributed by atoms with Gasteiger partial charge in [-0.1, -0.05) is 35.0 Å². The molecule has 0 aromatic heterocycles. The lowest BCUT2D eigenvalue weighted by Gasteiger charge is -2.10. The molecule has 0 atom stereocenters. The van der Waals surface area contributed by atoms with Crippen molar-refractivity contribution in [2.45, 2.75) is 13.3 Å². The van der Waals surface area contributed by atoms with Gasteiger partial charge in [0.1, 0.15) is 5.75 Å². The number of amides is 1. The highest BCUT2D eigenvalue weighted by atomic mass is 79.9. The second kappa shape index (κ2) is 7.56. The van der Waals surface area contributed by atoms with Crippen LogP contribution >= 0.6 is 31.9 Å². The van der Waals surface area contributed by atoms with Crippen molar-refractivity contribution in [2.24, 2.45) is 5.10 Å². The molecule has 110 valence electrons. The van der Waals surface area contributed by atoms with Crippen molar-refractivity contribution >= 4 is 54.8 Å². The van der Waals surface area contributed by atoms with Gasteiger partial charge in [0.05, 0.1) is 4.47 Å². The summed E-state index contributed by atoms with van der Waals surface area (Å²) in [5, 5.41) is 5.87. The third kappa shape index (κ3) is 4.28. The topological polar surface area (TPSA) is 50.7 Å². The van der Waals surface area contributed by atoms with E-state index in [4.69, 9.17) is 4.74 Å². The van der Waals surface area contributed by atoms with Gasteiger partial charge in [0.2, 0.25) is 0 Å². The number of carbonyl (C=O) groups excluding carboxylic acids is 1. The zero-order valence-corrected chi connectivity index (χ0v) is 14.6. The van der Waals surface area contributed by atoms with E-state index in [1.54, 1.807) is 6.21 Å². The number of hydrogen-bond donors (Lipinski definition) is 1. The van der Waals surface area contributed by atoms with Gasteiger partial charge in [-0.15, -0.1) is 0 Å². The Balaban J connectivity index is 2.09. The summed E-state index contributed by atoms with van der Waals surface area (Å²) in [4.78, 5) is 11.5. The van der Waals surface area contributed by atoms with Crippen LogP contribution in [0.3, 0.4) is 0 Å². The predicted octanol–water partition coefficient (Wildman–Crippen LogP) is 4.26. The van der Waals surface area contributed by atoms with Crippen molar-refractivity contribution < 1.29 is 9.53 Å². The Bertz CT molecular complexity index is 687. The van der Waals surface area contributed by atoms with Crippen LogP contribution in [0.15, 0.2) is 44.4 Å². The van der Waals surface area contributed by atoms with E-state index in [0.717, 1.165) is 26.1 Å². The number of hydrazone groups is 1. The molecule has 4 nitrogen and oxygen atoms in total. The molecule has 2 aromatic rings. The lowest BCUT2D eigenvalue weighted by atomic mass is 10.1. The van der Waals surface area contributed by atoms with Gasteiger partial charge in [0.15, 0.2) is 6.61 Å². The van der Waals surface area contributed by atoms with Crippen LogP contribution in [0.2, 0.25) is 0 Å². The lowest BCUT2D eigenvalue weighted by Crippen LogP contribution is -2.24. The minimum atomic E-state index is -0.289. The molecule has 0 heterocycles. The molecule has 1 N–H and O–H groups in total. The molecule has 0 unspecified atom stereocenters. The monoisotopic (exact) mass is 412 g/mol. The minimum absolute atomic E-state index is 0.0817. The molecule has 0 saturated heterocycles. The van der Waals surface area contributed by atoms with E-state index in [1.807, 2.05) is 37.3 Å². The smallest absolute Gasteiger partial charge is 0.277 e. The number of rotatable bonds is 5. The zero-order chi connectivity index (χ0) is 15.2. The Morgan fingerprint density at radius 3 is 2.90 bits per heavy atom. The van der Waals surface area contributed by atoms with Gasteiger partial charge in [0, 0.05) is 10.7 Å². The summed E-state index contributed by atoms with van der Waals surface area (Å²) in [5.41, 5.74) is 2.40. The van der Waals surface area contributed by atoms with Crippen LogP contribution in [0.25, 0.3) is 10.8 Å². The van der Waals surface area contributed by atoms with Crippen LogP contribution in [0.4, 0.5) is 0 Å². The summed E-state index contributed by atoms with van der Waals surface area (Å²) in [5.74, 6) is 0.335. The molecule has 0 bridgehead atoms. The molecule has 21 heavy (non-hydrogen) atoms. The fourth-order valence-corrected chi connectivity index (χ4v) is 2.73. The van der Waals surface area contributed by atoms with Crippen LogP contribution < -0.4 is 10.2 Å². The highest BCUT2D eigenvalue weighted by Gasteiger charge is 2.08. The van der Waals surface area contributed by atoms with Gasteiger partial charge in [-0.25, -0.2) is 5.43 Å². The number of benzene rings is 2. The number of fused-ring (bicyclic) bond motifs is 1. The Hall–Kier alpha value is -1.40. The third-order valence-corrected chi connectivity index (χ3v) is 4.01. The maximum Gasteiger partial charge on any atom is 0.277 e. The molecule has 0 radical (unpaired) electrons. The maximum absolute atomic E-state index is 11.5. The van der Waals surface area contributed by atoms with E-state index >= 15 is 0 Å². The van der Waals surface area contributed by atoms with Crippen LogP contribution in [0.1, 0.15) is 13.3 Å². The second-order valence-corrected chi connectivity index (χ2v) is 6.00. The highest BCUT2D eigenvalue weighted by Crippen LogP contribution is 2.34. The van der Waals surface area contributed by atoms with Gasteiger partial charge < -0.3 is 4.74 Å². The molecule has 0 aliphatic rings. The summed E-state index contributed by atoms with van der Waals surface area (Å²) in [6.07, 6.45) is 2.40. The second-order valence-electron chi connectivity index (χ2n) is 4.29. The quantitative estimate of drug-likeness (QED) is 0.588. The average Bonchev–Trinajstić information content (AvgIpc) is 2.46. The van der Waals surface area contributed by atoms with Gasteiger partial charge in [-0.3, -0.25) is 4.79 Å². The first-order chi connectivity index (χ1) is 10.1. The molecular formula is C15H14Br2N2O2. The van der Waals surface area contributed by atoms with Crippen LogP contribution in [-0.2, 0) is 4.79 Å². The van der Waals surface area contributed by atoms with Gasteiger partial charge in [0.25, 0.3) is 5.91 Å². The van der Waals surface area contributed by atoms with Gasteiger partial charge in [-0.05, 0) is 51.3 Å². The molecule has 0 aliphatic heterocycles. The molecule has 6 heteroatoms. The molecule has 2 aromatic carbocycles. The van der Waals surface area contributed by atoms with Crippen molar-refractivity contribution in [2.75, 3.05) is 6.61 Å². The van der Waals surface area contributed by atoms with Crippen LogP contribution in [0.5, 0.6) is 5.75 Å². The number of nitrogens with one attached hydrogen (secondary N) is 1. The fourth-order valence-electron chi connectivity index (χ4n) is 1.74. The van der Waals surface area contributed by atoms with E-state index in [2.05, 4.69) is 42.4 Å². The summed E-state index contributed by atoms with van der Waals surface area (Å²) in [6, 6.07) is 9.76. The Labute approximate surface area is 139 Å². The standard InChI is InChI=1S/C15H14Br2N2O2/c1-2-7-18-19-14(20)9-21-13-6-3-10-8-11(16)4-5-12(10)15(13)17/h3-8H,2,9H2,1H3,(H,19,20)/b18-7+. The SMILES string of the molecule is CC/C=N/NC(=O)COc1ccc2cc(Br)ccc2c1Br. The molecule has 0 aliphatic carbocycles. The minimum Gasteiger partial charge on any atom is -0.483 e. The van der Waals surface area contributed by atoms with Crippen molar-refractivity contribution in [3.8, 4) is 5.75 Å². The zero-order valence-electron chi connectivity index (χ0n) is 11.4. The summed E-state index contributed by atoms with van der Waals surface area (Å²) in [6.45, 7) is 1.86. The van der Waals surface area contributed by atoms with Crippen LogP contribution in [0, 0.1) is 0 Å². The number of halogens is 2. The Morgan fingerprint density at radius 2 is 2.14 bits per heavy atom. The van der Waals surface area contributed by atoms with Crippen LogP contribution in [-0.4, -0.2) is 18.7 Å². The van der Waals surface area contributed by atoms with Crippen molar-refractivity contribution in [1.82, 2.24) is 5.43 Å². The summed E-state index contributed by atoms with van der Waals surface area (Å²) >= 11 is 6.96. The Kier molecular flexibility index (Phi) is 5.76. The van der Waals surface area contributed by atoms with Gasteiger partial charge >= 0.3 is 0 Å². The third-order valence-electron chi connectivity index (χ3n) is 2.70. The van der Waals surface area contributed by atoms with E-state index in [0.29, 0.717) is 5.75 Å². The molecule has 1 amide bonds. The van der Waals surface area contributed by atoms with E-state index < -0.39 is 0 Å². The number of nitrogens with zero attached hydrogens (tertiary/aromatic N) is 1. The molecule has 0 fully saturated rings. The predicted molar refractivity (Wildman–Crippen MR) is 91.8 cm³/mol. The lowest BCUT2D eigenvalue weighted by molar-refractivity contribution is -0.123. The fraction of sp³-hybridized carbons (Fsp3) is 0.200. The first kappa shape index (κ1) is 16.0. The Morgan fingerprint density at radius 1 is 1.33 bits per heavy atom. The van der Waals surface area contributed by atoms with E-state index in [1.165, 1.54) is 0 Å². The first-order valence-corrected chi connectivity index (χ1v) is 8.01. The number of hydrogen-bond acceptors (Lipinski definition) is 3. The molecule has 0 saturated carbocycles. The van der Waals surface area contributed by atoms with Crippen molar-refractivity contribution in [3.05, 3.63) is 39.3 Å². The average molecular weight is 414 g/mol. The first-order valence-electron chi connectivity index (χ1n) is 6.42. The largest absolute Gasteiger partial charge is 0.483 e. The summed E-state index contributed by atoms with van der Waals surface area (Å²) in [7, 11) is 0. The molecule has 0 spiro atoms. The maximum atomic E-state index is 11.5. The summed E-state index contributed by atoms with van der Waals surface area (Å²) < 4.78 is 7.37. The molecule has 2 rings (SSSR count). The van der Waals surface area contributed by atoms with Gasteiger partial charge in [-0.2, -0.15) is 5.10 Å². The van der Waals surface area contributed by atoms with E-state index in [-0.39, 0.29) is 12.5 Å². The van der Waals surface area contributed by atoms with Crippen molar-refractivity contribution in [3.63, 3.8) is 0 Å². The highest BCUT2D eigenvalue weighted by molar-refractivity contribution is 9.11. The van der Waals surface area contributed by atoms with E-state index in [9.17, 15) is 4.79 Å². The normalized spacial score (nSPS) is 11.0. The molecular weight excluding hydrogens is 400 g/mol.